The SMILES string of the molecule is COCCn1c2c(cc(C(=O)NS)c1=O)CCCCCC2. The molecule has 1 aliphatic carbocycles. The Morgan fingerprint density at radius 1 is 1.33 bits per heavy atom. The van der Waals surface area contributed by atoms with Crippen LogP contribution in [-0.4, -0.2) is 24.2 Å². The summed E-state index contributed by atoms with van der Waals surface area (Å²) in [4.78, 5) is 24.4. The lowest BCUT2D eigenvalue weighted by molar-refractivity contribution is 0.0982. The fourth-order valence-corrected chi connectivity index (χ4v) is 3.00. The number of thiol groups is 1. The number of pyridine rings is 1. The molecule has 5 nitrogen and oxygen atoms in total. The van der Waals surface area contributed by atoms with E-state index in [-0.39, 0.29) is 11.1 Å². The van der Waals surface area contributed by atoms with Gasteiger partial charge in [-0.05, 0) is 37.3 Å². The van der Waals surface area contributed by atoms with E-state index in [1.54, 1.807) is 17.7 Å². The second kappa shape index (κ2) is 7.66. The van der Waals surface area contributed by atoms with Gasteiger partial charge >= 0.3 is 0 Å². The Balaban J connectivity index is 2.54. The lowest BCUT2D eigenvalue weighted by Crippen LogP contribution is -2.34. The first-order valence-electron chi connectivity index (χ1n) is 7.38. The second-order valence-electron chi connectivity index (χ2n) is 5.33. The van der Waals surface area contributed by atoms with Crippen LogP contribution in [0.3, 0.4) is 0 Å². The van der Waals surface area contributed by atoms with Crippen molar-refractivity contribution in [2.75, 3.05) is 13.7 Å². The molecular weight excluding hydrogens is 288 g/mol. The summed E-state index contributed by atoms with van der Waals surface area (Å²) in [5.74, 6) is -0.445. The summed E-state index contributed by atoms with van der Waals surface area (Å²) >= 11 is 3.77. The van der Waals surface area contributed by atoms with Crippen LogP contribution in [0, 0.1) is 0 Å². The molecule has 6 heteroatoms. The summed E-state index contributed by atoms with van der Waals surface area (Å²) in [7, 11) is 1.61. The first-order valence-corrected chi connectivity index (χ1v) is 7.82. The number of carbonyl (C=O) groups excluding carboxylic acids is 1. The minimum Gasteiger partial charge on any atom is -0.383 e. The van der Waals surface area contributed by atoms with Crippen LogP contribution >= 0.6 is 12.8 Å². The lowest BCUT2D eigenvalue weighted by atomic mass is 9.95. The minimum absolute atomic E-state index is 0.167. The number of hydrogen-bond donors (Lipinski definition) is 2. The average Bonchev–Trinajstić information content (AvgIpc) is 2.47. The molecule has 2 rings (SSSR count). The number of carbonyl (C=O) groups is 1. The zero-order valence-corrected chi connectivity index (χ0v) is 13.2. The molecular formula is C15H22N2O3S. The number of aryl methyl sites for hydroxylation is 1. The highest BCUT2D eigenvalue weighted by Crippen LogP contribution is 2.20. The first-order chi connectivity index (χ1) is 10.2. The van der Waals surface area contributed by atoms with Gasteiger partial charge in [-0.2, -0.15) is 0 Å². The van der Waals surface area contributed by atoms with Crippen molar-refractivity contribution < 1.29 is 9.53 Å². The molecule has 1 aromatic rings. The molecule has 0 fully saturated rings. The molecule has 1 aromatic heterocycles. The van der Waals surface area contributed by atoms with E-state index in [0.29, 0.717) is 13.2 Å². The Morgan fingerprint density at radius 2 is 2.05 bits per heavy atom. The molecule has 116 valence electrons. The predicted molar refractivity (Wildman–Crippen MR) is 84.9 cm³/mol. The van der Waals surface area contributed by atoms with Crippen LogP contribution in [0.4, 0.5) is 0 Å². The van der Waals surface area contributed by atoms with Crippen LogP contribution in [0.1, 0.15) is 47.3 Å². The Bertz CT molecular complexity index is 569. The van der Waals surface area contributed by atoms with Gasteiger partial charge in [0.1, 0.15) is 5.56 Å². The van der Waals surface area contributed by atoms with Gasteiger partial charge in [0.25, 0.3) is 11.5 Å². The normalized spacial score (nSPS) is 15.0. The molecule has 0 aliphatic heterocycles. The number of ether oxygens (including phenoxy) is 1. The molecule has 1 aliphatic rings. The molecule has 0 aromatic carbocycles. The molecule has 0 bridgehead atoms. The van der Waals surface area contributed by atoms with Gasteiger partial charge < -0.3 is 9.30 Å². The van der Waals surface area contributed by atoms with E-state index < -0.39 is 5.91 Å². The number of hydrogen-bond acceptors (Lipinski definition) is 4. The zero-order valence-electron chi connectivity index (χ0n) is 12.4. The number of nitrogens with one attached hydrogen (secondary N) is 1. The van der Waals surface area contributed by atoms with Gasteiger partial charge in [0.15, 0.2) is 0 Å². The summed E-state index contributed by atoms with van der Waals surface area (Å²) in [5, 5.41) is 0. The molecule has 0 saturated heterocycles. The van der Waals surface area contributed by atoms with Gasteiger partial charge in [-0.3, -0.25) is 14.3 Å². The van der Waals surface area contributed by atoms with E-state index in [4.69, 9.17) is 4.74 Å². The molecule has 1 heterocycles. The fraction of sp³-hybridized carbons (Fsp3) is 0.600. The number of rotatable bonds is 4. The number of methoxy groups -OCH3 is 1. The Hall–Kier alpha value is -1.27. The van der Waals surface area contributed by atoms with E-state index in [9.17, 15) is 9.59 Å². The molecule has 0 radical (unpaired) electrons. The van der Waals surface area contributed by atoms with Crippen LogP contribution in [0.2, 0.25) is 0 Å². The standard InChI is InChI=1S/C15H22N2O3S/c1-20-9-8-17-13-7-5-3-2-4-6-11(13)10-12(15(17)19)14(18)16-21/h10,21H,2-9H2,1H3,(H,16,18). The van der Waals surface area contributed by atoms with E-state index in [1.165, 1.54) is 12.8 Å². The second-order valence-corrected chi connectivity index (χ2v) is 5.56. The Labute approximate surface area is 130 Å². The van der Waals surface area contributed by atoms with Crippen molar-refractivity contribution in [2.45, 2.75) is 45.1 Å². The maximum atomic E-state index is 12.6. The molecule has 1 amide bonds. The van der Waals surface area contributed by atoms with Crippen molar-refractivity contribution in [1.82, 2.24) is 9.29 Å². The highest BCUT2D eigenvalue weighted by atomic mass is 32.1. The molecule has 1 N–H and O–H groups in total. The van der Waals surface area contributed by atoms with Crippen molar-refractivity contribution in [1.29, 1.82) is 0 Å². The van der Waals surface area contributed by atoms with Crippen molar-refractivity contribution in [3.63, 3.8) is 0 Å². The summed E-state index contributed by atoms with van der Waals surface area (Å²) in [5.41, 5.74) is 2.09. The highest BCUT2D eigenvalue weighted by Gasteiger charge is 2.19. The number of amides is 1. The third kappa shape index (κ3) is 3.68. The van der Waals surface area contributed by atoms with Gasteiger partial charge in [0, 0.05) is 19.3 Å². The fourth-order valence-electron chi connectivity index (χ4n) is 2.88. The van der Waals surface area contributed by atoms with Crippen molar-refractivity contribution in [3.05, 3.63) is 33.2 Å². The Morgan fingerprint density at radius 3 is 2.71 bits per heavy atom. The van der Waals surface area contributed by atoms with E-state index in [2.05, 4.69) is 17.5 Å². The first kappa shape index (κ1) is 16.1. The number of nitrogens with zero attached hydrogens (tertiary/aromatic N) is 1. The van der Waals surface area contributed by atoms with Crippen molar-refractivity contribution in [3.8, 4) is 0 Å². The van der Waals surface area contributed by atoms with Gasteiger partial charge in [0.2, 0.25) is 0 Å². The monoisotopic (exact) mass is 310 g/mol. The number of fused-ring (bicyclic) bond motifs is 1. The van der Waals surface area contributed by atoms with Crippen LogP contribution in [0.5, 0.6) is 0 Å². The molecule has 0 saturated carbocycles. The zero-order chi connectivity index (χ0) is 15.2. The average molecular weight is 310 g/mol. The van der Waals surface area contributed by atoms with E-state index in [1.807, 2.05) is 0 Å². The maximum absolute atomic E-state index is 12.6. The van der Waals surface area contributed by atoms with Crippen LogP contribution in [0.15, 0.2) is 10.9 Å². The van der Waals surface area contributed by atoms with Gasteiger partial charge in [0.05, 0.1) is 6.61 Å². The van der Waals surface area contributed by atoms with Crippen molar-refractivity contribution >= 4 is 18.7 Å². The van der Waals surface area contributed by atoms with Gasteiger partial charge in [-0.1, -0.05) is 25.7 Å². The lowest BCUT2D eigenvalue weighted by Gasteiger charge is -2.20. The predicted octanol–water partition coefficient (Wildman–Crippen LogP) is 1.73. The largest absolute Gasteiger partial charge is 0.383 e. The maximum Gasteiger partial charge on any atom is 0.266 e. The summed E-state index contributed by atoms with van der Waals surface area (Å²) in [6.07, 6.45) is 6.36. The third-order valence-corrected chi connectivity index (χ3v) is 4.17. The summed E-state index contributed by atoms with van der Waals surface area (Å²) in [6.45, 7) is 0.934. The van der Waals surface area contributed by atoms with Crippen LogP contribution in [-0.2, 0) is 24.1 Å². The van der Waals surface area contributed by atoms with Crippen LogP contribution in [0.25, 0.3) is 0 Å². The smallest absolute Gasteiger partial charge is 0.266 e. The van der Waals surface area contributed by atoms with E-state index in [0.717, 1.165) is 36.9 Å². The topological polar surface area (TPSA) is 60.3 Å². The molecule has 0 spiro atoms. The molecule has 21 heavy (non-hydrogen) atoms. The quantitative estimate of drug-likeness (QED) is 0.833. The van der Waals surface area contributed by atoms with Crippen molar-refractivity contribution in [2.24, 2.45) is 0 Å². The minimum atomic E-state index is -0.445. The van der Waals surface area contributed by atoms with Crippen LogP contribution < -0.4 is 10.3 Å². The Kier molecular flexibility index (Phi) is 5.87. The summed E-state index contributed by atoms with van der Waals surface area (Å²) in [6, 6.07) is 1.75. The molecule has 0 unspecified atom stereocenters. The number of aromatic nitrogens is 1. The molecule has 0 atom stereocenters. The third-order valence-electron chi connectivity index (χ3n) is 3.97. The van der Waals surface area contributed by atoms with Gasteiger partial charge in [-0.25, -0.2) is 0 Å². The highest BCUT2D eigenvalue weighted by molar-refractivity contribution is 7.78. The van der Waals surface area contributed by atoms with Gasteiger partial charge in [-0.15, -0.1) is 0 Å². The summed E-state index contributed by atoms with van der Waals surface area (Å²) < 4.78 is 9.06. The van der Waals surface area contributed by atoms with E-state index >= 15 is 0 Å².